The molecule has 19 atom stereocenters. The normalized spacial score (nSPS) is 39.6. The van der Waals surface area contributed by atoms with Gasteiger partial charge in [0.2, 0.25) is 10.0 Å². The summed E-state index contributed by atoms with van der Waals surface area (Å²) in [6.45, 7) is 18.6. The van der Waals surface area contributed by atoms with Gasteiger partial charge < -0.3 is 68.5 Å². The van der Waals surface area contributed by atoms with Crippen LogP contribution < -0.4 is 4.90 Å². The molecule has 1 aromatic carbocycles. The monoisotopic (exact) mass is 1110 g/mol. The van der Waals surface area contributed by atoms with Crippen molar-refractivity contribution in [3.05, 3.63) is 36.2 Å². The molecule has 5 N–H and O–H groups in total. The van der Waals surface area contributed by atoms with Gasteiger partial charge in [0.1, 0.15) is 36.1 Å². The van der Waals surface area contributed by atoms with Crippen molar-refractivity contribution in [2.45, 2.75) is 209 Å². The Hall–Kier alpha value is -3.47. The molecule has 0 saturated carbocycles. The number of cyclic esters (lactones) is 2. The second kappa shape index (κ2) is 25.1. The number of hydrogen-bond donors (Lipinski definition) is 5. The van der Waals surface area contributed by atoms with E-state index in [-0.39, 0.29) is 43.2 Å². The molecule has 4 fully saturated rings. The first-order chi connectivity index (χ1) is 35.8. The Balaban J connectivity index is 1.21. The predicted molar refractivity (Wildman–Crippen MR) is 282 cm³/mol. The van der Waals surface area contributed by atoms with E-state index in [2.05, 4.69) is 10.3 Å². The molecule has 4 aliphatic rings. The van der Waals surface area contributed by atoms with Crippen molar-refractivity contribution in [3.8, 4) is 0 Å². The molecule has 2 aromatic rings. The Labute approximate surface area is 455 Å². The molecule has 0 bridgehead atoms. The van der Waals surface area contributed by atoms with Gasteiger partial charge in [-0.1, -0.05) is 26.0 Å². The summed E-state index contributed by atoms with van der Waals surface area (Å²) in [4.78, 5) is 32.9. The second-order valence-corrected chi connectivity index (χ2v) is 25.4. The zero-order chi connectivity index (χ0) is 57.3. The fourth-order valence-electron chi connectivity index (χ4n) is 11.7. The number of hydrogen-bond acceptors (Lipinski definition) is 20. The highest BCUT2D eigenvalue weighted by molar-refractivity contribution is 7.89. The lowest BCUT2D eigenvalue weighted by Gasteiger charge is -2.49. The third-order valence-electron chi connectivity index (χ3n) is 16.6. The molecular weight excluding hydrogens is 1020 g/mol. The van der Waals surface area contributed by atoms with Gasteiger partial charge in [-0.15, -0.1) is 5.10 Å². The Bertz CT molecular complexity index is 2380. The van der Waals surface area contributed by atoms with Crippen molar-refractivity contribution in [1.29, 1.82) is 0 Å². The van der Waals surface area contributed by atoms with Crippen LogP contribution in [0.15, 0.2) is 35.4 Å². The molecule has 0 spiro atoms. The van der Waals surface area contributed by atoms with E-state index in [1.807, 2.05) is 37.7 Å². The summed E-state index contributed by atoms with van der Waals surface area (Å²) in [5.74, 6) is -2.90. The first-order valence-electron chi connectivity index (χ1n) is 27.0. The number of sulfonamides is 1. The summed E-state index contributed by atoms with van der Waals surface area (Å²) in [6, 6.07) is 4.95. The van der Waals surface area contributed by atoms with Crippen LogP contribution >= 0.6 is 0 Å². The van der Waals surface area contributed by atoms with E-state index in [4.69, 9.17) is 33.2 Å². The number of esters is 1. The number of nitrogens with zero attached hydrogens (tertiary/aromatic N) is 7. The van der Waals surface area contributed by atoms with E-state index < -0.39 is 130 Å². The maximum atomic E-state index is 14.5. The Kier molecular flexibility index (Phi) is 20.5. The lowest BCUT2D eigenvalue weighted by molar-refractivity contribution is -0.318. The van der Waals surface area contributed by atoms with Crippen LogP contribution in [-0.2, 0) is 60.9 Å². The minimum absolute atomic E-state index is 0.0778. The Morgan fingerprint density at radius 2 is 1.56 bits per heavy atom. The maximum Gasteiger partial charge on any atom is 0.414 e. The van der Waals surface area contributed by atoms with Gasteiger partial charge in [0, 0.05) is 77.0 Å². The highest BCUT2D eigenvalue weighted by atomic mass is 32.2. The van der Waals surface area contributed by atoms with Crippen LogP contribution in [0.25, 0.3) is 0 Å². The molecule has 1 aromatic heterocycles. The van der Waals surface area contributed by atoms with E-state index in [1.165, 1.54) is 45.2 Å². The second-order valence-electron chi connectivity index (χ2n) is 23.3. The smallest absolute Gasteiger partial charge is 0.414 e. The van der Waals surface area contributed by atoms with Crippen molar-refractivity contribution < 1.29 is 76.7 Å². The summed E-state index contributed by atoms with van der Waals surface area (Å²) in [7, 11) is 4.45. The van der Waals surface area contributed by atoms with Gasteiger partial charge >= 0.3 is 12.1 Å². The third-order valence-corrected chi connectivity index (χ3v) is 18.4. The zero-order valence-corrected chi connectivity index (χ0v) is 48.6. The highest BCUT2D eigenvalue weighted by Gasteiger charge is 2.53. The van der Waals surface area contributed by atoms with Gasteiger partial charge in [0.15, 0.2) is 12.6 Å². The van der Waals surface area contributed by atoms with Crippen LogP contribution in [0, 0.1) is 17.8 Å². The average molecular weight is 1110 g/mol. The van der Waals surface area contributed by atoms with Crippen LogP contribution in [0.3, 0.4) is 0 Å². The van der Waals surface area contributed by atoms with Gasteiger partial charge in [0.25, 0.3) is 0 Å². The Morgan fingerprint density at radius 3 is 2.18 bits per heavy atom. The van der Waals surface area contributed by atoms with Crippen molar-refractivity contribution >= 4 is 27.8 Å². The molecule has 4 saturated heterocycles. The number of methoxy groups -OCH3 is 1. The number of anilines is 1. The lowest BCUT2D eigenvalue weighted by atomic mass is 9.77. The molecular formula is C53H89N7O16S. The molecule has 1 unspecified atom stereocenters. The van der Waals surface area contributed by atoms with Gasteiger partial charge in [-0.3, -0.25) is 9.69 Å². The van der Waals surface area contributed by atoms with Crippen LogP contribution in [0.1, 0.15) is 101 Å². The average Bonchev–Trinajstić information content (AvgIpc) is 3.98. The fourth-order valence-corrected chi connectivity index (χ4v) is 12.6. The number of benzene rings is 1. The summed E-state index contributed by atoms with van der Waals surface area (Å²) in [5.41, 5.74) is -3.46. The topological polar surface area (TPSA) is 278 Å². The maximum absolute atomic E-state index is 14.5. The van der Waals surface area contributed by atoms with Gasteiger partial charge in [-0.05, 0) is 112 Å². The summed E-state index contributed by atoms with van der Waals surface area (Å²) in [5, 5.41) is 68.5. The molecule has 0 aliphatic carbocycles. The number of carbonyl (C=O) groups excluding carboxylic acids is 2. The predicted octanol–water partition coefficient (Wildman–Crippen LogP) is 2.38. The third kappa shape index (κ3) is 14.2. The first kappa shape index (κ1) is 62.7. The highest BCUT2D eigenvalue weighted by Crippen LogP contribution is 2.40. The van der Waals surface area contributed by atoms with Crippen molar-refractivity contribution in [1.82, 2.24) is 29.1 Å². The molecule has 23 nitrogen and oxygen atoms in total. The summed E-state index contributed by atoms with van der Waals surface area (Å²) >= 11 is 0. The van der Waals surface area contributed by atoms with E-state index in [9.17, 15) is 43.5 Å². The zero-order valence-electron chi connectivity index (χ0n) is 47.8. The molecule has 438 valence electrons. The van der Waals surface area contributed by atoms with Gasteiger partial charge in [-0.2, -0.15) is 0 Å². The standard InChI is InChI=1S/C53H89N7O16S/c1-16-41-53(10,67)45(62)34(6)58(14)26-30(2)24-51(8,66)47(32(4)44(33(5)48(64)74-41)75-42-25-52(9,70-15)46(63)35(7)72-42)76-49-43(61)40(23-31(3)71-49)57(13)22-21-36-27-59(55-54-36)28-38-29-60(50(65)73-38)37-17-19-39(20-18-37)77(68,69)56(11)12/h17-20,27,30-35,38,40-47,49,61-63,66-67H,16,21-26,28-29H2,1-15H3/t30-,31-,32+,33-,34-,35+,38+,40+,41-,42+,43-,44+,45-,46+,47-,49?,51-,52-,53-/m1/s1. The number of carbonyl (C=O) groups is 2. The summed E-state index contributed by atoms with van der Waals surface area (Å²) in [6.07, 6.45) is -8.43. The van der Waals surface area contributed by atoms with Crippen molar-refractivity contribution in [3.63, 3.8) is 0 Å². The molecule has 6 rings (SSSR count). The molecule has 1 amide bonds. The number of likely N-dealkylation sites (N-methyl/N-ethyl adjacent to an activating group) is 2. The number of aromatic nitrogens is 3. The molecule has 4 aliphatic heterocycles. The van der Waals surface area contributed by atoms with Crippen LogP contribution in [0.4, 0.5) is 10.5 Å². The number of aliphatic hydroxyl groups is 5. The molecule has 0 radical (unpaired) electrons. The van der Waals surface area contributed by atoms with E-state index in [0.717, 1.165) is 4.31 Å². The van der Waals surface area contributed by atoms with Crippen LogP contribution in [0.5, 0.6) is 0 Å². The summed E-state index contributed by atoms with van der Waals surface area (Å²) < 4.78 is 71.8. The first-order valence-corrected chi connectivity index (χ1v) is 28.5. The Morgan fingerprint density at radius 1 is 0.896 bits per heavy atom. The van der Waals surface area contributed by atoms with Crippen LogP contribution in [0.2, 0.25) is 0 Å². The molecule has 24 heteroatoms. The number of aliphatic hydroxyl groups excluding tert-OH is 3. The molecule has 5 heterocycles. The van der Waals surface area contributed by atoms with Crippen molar-refractivity contribution in [2.24, 2.45) is 17.8 Å². The quantitative estimate of drug-likeness (QED) is 0.160. The fraction of sp³-hybridized carbons (Fsp3) is 0.811. The van der Waals surface area contributed by atoms with E-state index in [1.54, 1.807) is 71.5 Å². The number of ether oxygens (including phenoxy) is 7. The largest absolute Gasteiger partial charge is 0.459 e. The minimum Gasteiger partial charge on any atom is -0.459 e. The minimum atomic E-state index is -3.64. The van der Waals surface area contributed by atoms with Gasteiger partial charge in [-0.25, -0.2) is 22.2 Å². The van der Waals surface area contributed by atoms with E-state index >= 15 is 0 Å². The number of amides is 1. The van der Waals surface area contributed by atoms with E-state index in [0.29, 0.717) is 37.3 Å². The van der Waals surface area contributed by atoms with Gasteiger partial charge in [0.05, 0.1) is 65.2 Å². The number of rotatable bonds is 15. The SMILES string of the molecule is CC[C@H]1OC(=O)[C@H](C)[C@@H](O[C@H]2C[C@@](C)(OC)[C@@H](O)[C@H](C)O2)[C@H](C)[C@@H](OC2O[C@H](C)C[C@H](N(C)CCc3cn(C[C@H]4CN(c5ccc(S(=O)(=O)N(C)C)cc5)C(=O)O4)nn3)[C@H]2O)[C@](C)(O)C[C@@H](C)CN(C)[C@H](C)[C@@H](O)[C@]1(C)O. The molecule has 77 heavy (non-hydrogen) atoms. The van der Waals surface area contributed by atoms with Crippen LogP contribution in [-0.4, -0.2) is 226 Å². The lowest BCUT2D eigenvalue weighted by Crippen LogP contribution is -2.61. The van der Waals surface area contributed by atoms with Crippen molar-refractivity contribution in [2.75, 3.05) is 59.8 Å².